The van der Waals surface area contributed by atoms with Crippen LogP contribution in [0.15, 0.2) is 18.2 Å². The maximum Gasteiger partial charge on any atom is 0.279 e. The Morgan fingerprint density at radius 2 is 1.89 bits per heavy atom. The fraction of sp³-hybridized carbons (Fsp3) is 0.364. The monoisotopic (exact) mass is 271 g/mol. The zero-order valence-electron chi connectivity index (χ0n) is 10.2. The average Bonchev–Trinajstić information content (AvgIpc) is 2.26. The van der Waals surface area contributed by atoms with E-state index in [0.717, 1.165) is 12.3 Å². The lowest BCUT2D eigenvalue weighted by Gasteiger charge is -2.23. The van der Waals surface area contributed by atoms with E-state index in [-0.39, 0.29) is 11.3 Å². The van der Waals surface area contributed by atoms with Gasteiger partial charge in [-0.25, -0.2) is 8.42 Å². The SMILES string of the molecule is CC(C)(c1ccc([N+](=O)[O-])c(C=O)c1)S(C)(=O)=O. The first-order valence-electron chi connectivity index (χ1n) is 5.05. The predicted molar refractivity (Wildman–Crippen MR) is 66.4 cm³/mol. The van der Waals surface area contributed by atoms with Crippen molar-refractivity contribution in [2.24, 2.45) is 0 Å². The summed E-state index contributed by atoms with van der Waals surface area (Å²) in [4.78, 5) is 20.8. The Labute approximate surface area is 105 Å². The molecule has 6 nitrogen and oxygen atoms in total. The Hall–Kier alpha value is -1.76. The van der Waals surface area contributed by atoms with Gasteiger partial charge in [0.2, 0.25) is 0 Å². The molecule has 0 atom stereocenters. The van der Waals surface area contributed by atoms with Crippen molar-refractivity contribution < 1.29 is 18.1 Å². The molecule has 7 heteroatoms. The van der Waals surface area contributed by atoms with Gasteiger partial charge >= 0.3 is 0 Å². The van der Waals surface area contributed by atoms with Crippen LogP contribution in [-0.2, 0) is 14.6 Å². The summed E-state index contributed by atoms with van der Waals surface area (Å²) < 4.78 is 22.1. The number of nitro groups is 1. The van der Waals surface area contributed by atoms with Crippen molar-refractivity contribution >= 4 is 21.8 Å². The number of aldehydes is 1. The Balaban J connectivity index is 3.48. The highest BCUT2D eigenvalue weighted by Crippen LogP contribution is 2.31. The first-order chi connectivity index (χ1) is 8.11. The smallest absolute Gasteiger partial charge is 0.279 e. The lowest BCUT2D eigenvalue weighted by atomic mass is 9.99. The van der Waals surface area contributed by atoms with E-state index in [1.165, 1.54) is 26.0 Å². The molecule has 0 unspecified atom stereocenters. The number of sulfone groups is 1. The highest BCUT2D eigenvalue weighted by molar-refractivity contribution is 7.91. The predicted octanol–water partition coefficient (Wildman–Crippen LogP) is 1.69. The lowest BCUT2D eigenvalue weighted by Crippen LogP contribution is -2.28. The highest BCUT2D eigenvalue weighted by atomic mass is 32.2. The van der Waals surface area contributed by atoms with E-state index in [1.54, 1.807) is 0 Å². The molecule has 1 rings (SSSR count). The van der Waals surface area contributed by atoms with Gasteiger partial charge in [0.1, 0.15) is 0 Å². The number of hydrogen-bond donors (Lipinski definition) is 0. The lowest BCUT2D eigenvalue weighted by molar-refractivity contribution is -0.385. The summed E-state index contributed by atoms with van der Waals surface area (Å²) in [5, 5.41) is 10.7. The van der Waals surface area contributed by atoms with Crippen molar-refractivity contribution in [1.82, 2.24) is 0 Å². The number of hydrogen-bond acceptors (Lipinski definition) is 5. The van der Waals surface area contributed by atoms with Crippen LogP contribution in [0.4, 0.5) is 5.69 Å². The molecular weight excluding hydrogens is 258 g/mol. The summed E-state index contributed by atoms with van der Waals surface area (Å²) in [6.07, 6.45) is 1.43. The van der Waals surface area contributed by atoms with Crippen LogP contribution >= 0.6 is 0 Å². The number of benzene rings is 1. The third-order valence-corrected chi connectivity index (χ3v) is 5.06. The molecule has 0 N–H and O–H groups in total. The quantitative estimate of drug-likeness (QED) is 0.472. The zero-order valence-corrected chi connectivity index (χ0v) is 11.0. The summed E-state index contributed by atoms with van der Waals surface area (Å²) >= 11 is 0. The molecule has 1 aromatic rings. The fourth-order valence-electron chi connectivity index (χ4n) is 1.40. The van der Waals surface area contributed by atoms with E-state index in [4.69, 9.17) is 0 Å². The molecule has 18 heavy (non-hydrogen) atoms. The van der Waals surface area contributed by atoms with Crippen LogP contribution in [0, 0.1) is 10.1 Å². The van der Waals surface area contributed by atoms with Crippen LogP contribution in [0.25, 0.3) is 0 Å². The van der Waals surface area contributed by atoms with Crippen LogP contribution in [0.5, 0.6) is 0 Å². The number of carbonyl (C=O) groups is 1. The maximum atomic E-state index is 11.6. The molecule has 0 aliphatic rings. The molecule has 0 bridgehead atoms. The van der Waals surface area contributed by atoms with Gasteiger partial charge in [0, 0.05) is 12.3 Å². The van der Waals surface area contributed by atoms with E-state index < -0.39 is 19.5 Å². The van der Waals surface area contributed by atoms with Gasteiger partial charge in [-0.15, -0.1) is 0 Å². The molecular formula is C11H13NO5S. The van der Waals surface area contributed by atoms with Gasteiger partial charge in [-0.2, -0.15) is 0 Å². The van der Waals surface area contributed by atoms with Crippen molar-refractivity contribution in [3.8, 4) is 0 Å². The standard InChI is InChI=1S/C11H13NO5S/c1-11(2,18(3,16)17)9-4-5-10(12(14)15)8(6-9)7-13/h4-7H,1-3H3. The molecule has 98 valence electrons. The topological polar surface area (TPSA) is 94.3 Å². The van der Waals surface area contributed by atoms with Crippen molar-refractivity contribution in [2.45, 2.75) is 18.6 Å². The van der Waals surface area contributed by atoms with Gasteiger partial charge in [-0.1, -0.05) is 6.07 Å². The second-order valence-corrected chi connectivity index (χ2v) is 7.00. The Kier molecular flexibility index (Phi) is 3.57. The second-order valence-electron chi connectivity index (χ2n) is 4.43. The molecule has 1 aromatic carbocycles. The zero-order chi connectivity index (χ0) is 14.1. The number of carbonyl (C=O) groups excluding carboxylic acids is 1. The summed E-state index contributed by atoms with van der Waals surface area (Å²) in [7, 11) is -3.40. The third-order valence-electron chi connectivity index (χ3n) is 2.97. The first-order valence-corrected chi connectivity index (χ1v) is 6.94. The minimum atomic E-state index is -3.40. The van der Waals surface area contributed by atoms with Gasteiger partial charge in [0.15, 0.2) is 16.1 Å². The van der Waals surface area contributed by atoms with Gasteiger partial charge < -0.3 is 0 Å². The van der Waals surface area contributed by atoms with E-state index in [1.807, 2.05) is 0 Å². The van der Waals surface area contributed by atoms with Crippen molar-refractivity contribution in [1.29, 1.82) is 0 Å². The van der Waals surface area contributed by atoms with E-state index in [0.29, 0.717) is 11.8 Å². The molecule has 0 aromatic heterocycles. The molecule has 0 amide bonds. The van der Waals surface area contributed by atoms with E-state index in [2.05, 4.69) is 0 Å². The molecule has 0 saturated heterocycles. The van der Waals surface area contributed by atoms with Gasteiger partial charge in [-0.05, 0) is 25.5 Å². The minimum absolute atomic E-state index is 0.130. The molecule has 0 aliphatic heterocycles. The highest BCUT2D eigenvalue weighted by Gasteiger charge is 2.33. The summed E-state index contributed by atoms with van der Waals surface area (Å²) in [6.45, 7) is 2.97. The fourth-order valence-corrected chi connectivity index (χ4v) is 1.96. The van der Waals surface area contributed by atoms with Gasteiger partial charge in [0.05, 0.1) is 15.2 Å². The van der Waals surface area contributed by atoms with Crippen LogP contribution in [0.3, 0.4) is 0 Å². The van der Waals surface area contributed by atoms with Crippen LogP contribution in [0.1, 0.15) is 29.8 Å². The Morgan fingerprint density at radius 3 is 2.28 bits per heavy atom. The van der Waals surface area contributed by atoms with E-state index >= 15 is 0 Å². The number of nitro benzene ring substituents is 1. The van der Waals surface area contributed by atoms with Crippen LogP contribution < -0.4 is 0 Å². The first kappa shape index (κ1) is 14.3. The molecule has 0 saturated carbocycles. The van der Waals surface area contributed by atoms with Crippen molar-refractivity contribution in [3.05, 3.63) is 39.4 Å². The summed E-state index contributed by atoms with van der Waals surface area (Å²) in [6, 6.07) is 3.74. The van der Waals surface area contributed by atoms with Crippen LogP contribution in [0.2, 0.25) is 0 Å². The Morgan fingerprint density at radius 1 is 1.33 bits per heavy atom. The number of rotatable bonds is 4. The van der Waals surface area contributed by atoms with Crippen molar-refractivity contribution in [2.75, 3.05) is 6.26 Å². The molecule has 0 aliphatic carbocycles. The molecule has 0 radical (unpaired) electrons. The van der Waals surface area contributed by atoms with E-state index in [9.17, 15) is 23.3 Å². The van der Waals surface area contributed by atoms with Gasteiger partial charge in [-0.3, -0.25) is 14.9 Å². The van der Waals surface area contributed by atoms with Crippen LogP contribution in [-0.4, -0.2) is 25.9 Å². The third kappa shape index (κ3) is 2.40. The van der Waals surface area contributed by atoms with Crippen molar-refractivity contribution in [3.63, 3.8) is 0 Å². The second kappa shape index (κ2) is 4.49. The summed E-state index contributed by atoms with van der Waals surface area (Å²) in [5.74, 6) is 0. The normalized spacial score (nSPS) is 12.2. The molecule has 0 fully saturated rings. The largest absolute Gasteiger partial charge is 0.298 e. The minimum Gasteiger partial charge on any atom is -0.298 e. The Bertz CT molecular complexity index is 604. The number of nitrogens with zero attached hydrogens (tertiary/aromatic N) is 1. The average molecular weight is 271 g/mol. The van der Waals surface area contributed by atoms with Gasteiger partial charge in [0.25, 0.3) is 5.69 Å². The maximum absolute atomic E-state index is 11.6. The molecule has 0 spiro atoms. The summed E-state index contributed by atoms with van der Waals surface area (Å²) in [5.41, 5.74) is -0.120. The molecule has 0 heterocycles.